The quantitative estimate of drug-likeness (QED) is 0.670. The van der Waals surface area contributed by atoms with Crippen molar-refractivity contribution in [2.75, 3.05) is 21.1 Å². The maximum absolute atomic E-state index is 10.9. The Kier molecular flexibility index (Phi) is 4.89. The number of carboxylic acid groups (broad SMARTS) is 1. The van der Waals surface area contributed by atoms with Crippen LogP contribution < -0.4 is 5.32 Å². The average Bonchev–Trinajstić information content (AvgIpc) is 2.07. The number of nitrogens with zero attached hydrogens (tertiary/aromatic N) is 1. The molecule has 0 saturated heterocycles. The summed E-state index contributed by atoms with van der Waals surface area (Å²) in [6, 6.07) is 0. The Morgan fingerprint density at radius 1 is 1.53 bits per heavy atom. The molecule has 0 spiro atoms. The summed E-state index contributed by atoms with van der Waals surface area (Å²) in [4.78, 5) is 13.0. The fourth-order valence-corrected chi connectivity index (χ4v) is 3.04. The van der Waals surface area contributed by atoms with Crippen LogP contribution in [0, 0.1) is 5.92 Å². The molecule has 2 N–H and O–H groups in total. The normalized spacial score (nSPS) is 21.1. The zero-order valence-corrected chi connectivity index (χ0v) is 10.4. The first kappa shape index (κ1) is 12.8. The van der Waals surface area contributed by atoms with Crippen molar-refractivity contribution in [1.82, 2.24) is 10.2 Å². The van der Waals surface area contributed by atoms with E-state index in [2.05, 4.69) is 10.2 Å². The maximum Gasteiger partial charge on any atom is 0.331 e. The number of nitrogens with one attached hydrogen (secondary N) is 1. The van der Waals surface area contributed by atoms with E-state index < -0.39 is 11.3 Å². The van der Waals surface area contributed by atoms with E-state index in [0.717, 1.165) is 0 Å². The highest BCUT2D eigenvalue weighted by atomic mass is 32.2. The molecule has 1 saturated carbocycles. The van der Waals surface area contributed by atoms with Crippen molar-refractivity contribution in [2.24, 2.45) is 5.92 Å². The van der Waals surface area contributed by atoms with Gasteiger partial charge in [0.1, 0.15) is 0 Å². The van der Waals surface area contributed by atoms with E-state index in [1.165, 1.54) is 31.0 Å². The largest absolute Gasteiger partial charge is 0.479 e. The minimum absolute atomic E-state index is 0.312. The molecule has 0 bridgehead atoms. The summed E-state index contributed by atoms with van der Waals surface area (Å²) >= 11 is 1.51. The third kappa shape index (κ3) is 3.36. The van der Waals surface area contributed by atoms with Gasteiger partial charge in [0.05, 0.1) is 5.37 Å². The van der Waals surface area contributed by atoms with Gasteiger partial charge in [-0.2, -0.15) is 0 Å². The van der Waals surface area contributed by atoms with Gasteiger partial charge in [-0.25, -0.2) is 4.79 Å². The lowest BCUT2D eigenvalue weighted by atomic mass is 9.85. The monoisotopic (exact) mass is 232 g/mol. The molecular weight excluding hydrogens is 212 g/mol. The second-order valence-corrected chi connectivity index (χ2v) is 5.41. The molecule has 0 aromatic heterocycles. The van der Waals surface area contributed by atoms with Gasteiger partial charge in [-0.15, -0.1) is 11.8 Å². The molecule has 88 valence electrons. The highest BCUT2D eigenvalue weighted by Gasteiger charge is 2.32. The molecule has 0 radical (unpaired) electrons. The number of hydrogen-bond acceptors (Lipinski definition) is 4. The van der Waals surface area contributed by atoms with Crippen LogP contribution in [0.25, 0.3) is 0 Å². The van der Waals surface area contributed by atoms with E-state index in [1.54, 1.807) is 7.05 Å². The Morgan fingerprint density at radius 3 is 2.40 bits per heavy atom. The first-order valence-corrected chi connectivity index (χ1v) is 6.22. The van der Waals surface area contributed by atoms with Crippen LogP contribution in [0.2, 0.25) is 0 Å². The van der Waals surface area contributed by atoms with Crippen molar-refractivity contribution in [3.63, 3.8) is 0 Å². The van der Waals surface area contributed by atoms with E-state index in [-0.39, 0.29) is 0 Å². The second-order valence-electron chi connectivity index (χ2n) is 4.19. The number of thioether (sulfide) groups is 1. The van der Waals surface area contributed by atoms with Gasteiger partial charge in [0, 0.05) is 0 Å². The molecule has 1 aliphatic rings. The van der Waals surface area contributed by atoms with Gasteiger partial charge >= 0.3 is 5.97 Å². The SMILES string of the molecule is CNC(S[C@H](C1CCC1)N(C)C)C(=O)O. The topological polar surface area (TPSA) is 52.6 Å². The lowest BCUT2D eigenvalue weighted by Crippen LogP contribution is -2.41. The smallest absolute Gasteiger partial charge is 0.331 e. The molecular formula is C10H20N2O2S. The van der Waals surface area contributed by atoms with Crippen LogP contribution in [0.1, 0.15) is 19.3 Å². The van der Waals surface area contributed by atoms with Gasteiger partial charge in [-0.3, -0.25) is 10.2 Å². The van der Waals surface area contributed by atoms with E-state index in [4.69, 9.17) is 5.11 Å². The summed E-state index contributed by atoms with van der Waals surface area (Å²) in [7, 11) is 5.73. The standard InChI is InChI=1S/C10H20N2O2S/c1-11-8(10(13)14)15-9(12(2)3)7-5-4-6-7/h7-9,11H,4-6H2,1-3H3,(H,13,14)/t8?,9-/m1/s1. The molecule has 5 heteroatoms. The molecule has 1 unspecified atom stereocenters. The molecule has 15 heavy (non-hydrogen) atoms. The van der Waals surface area contributed by atoms with Crippen molar-refractivity contribution < 1.29 is 9.90 Å². The van der Waals surface area contributed by atoms with Gasteiger partial charge in [0.25, 0.3) is 0 Å². The summed E-state index contributed by atoms with van der Waals surface area (Å²) in [6.45, 7) is 0. The zero-order valence-electron chi connectivity index (χ0n) is 9.56. The lowest BCUT2D eigenvalue weighted by molar-refractivity contribution is -0.136. The molecule has 0 amide bonds. The van der Waals surface area contributed by atoms with Crippen LogP contribution >= 0.6 is 11.8 Å². The van der Waals surface area contributed by atoms with Gasteiger partial charge in [-0.1, -0.05) is 6.42 Å². The van der Waals surface area contributed by atoms with Crippen molar-refractivity contribution in [3.05, 3.63) is 0 Å². The van der Waals surface area contributed by atoms with Crippen LogP contribution in [0.15, 0.2) is 0 Å². The minimum Gasteiger partial charge on any atom is -0.479 e. The van der Waals surface area contributed by atoms with E-state index in [1.807, 2.05) is 14.1 Å². The molecule has 2 atom stereocenters. The third-order valence-corrected chi connectivity index (χ3v) is 4.62. The highest BCUT2D eigenvalue weighted by molar-refractivity contribution is 8.01. The average molecular weight is 232 g/mol. The summed E-state index contributed by atoms with van der Waals surface area (Å²) in [5.74, 6) is -0.131. The summed E-state index contributed by atoms with van der Waals surface area (Å²) in [5.41, 5.74) is 0. The van der Waals surface area contributed by atoms with Crippen molar-refractivity contribution in [2.45, 2.75) is 30.0 Å². The van der Waals surface area contributed by atoms with Crippen LogP contribution in [0.5, 0.6) is 0 Å². The number of rotatable bonds is 6. The van der Waals surface area contributed by atoms with E-state index in [9.17, 15) is 4.79 Å². The Hall–Kier alpha value is -0.260. The molecule has 4 nitrogen and oxygen atoms in total. The first-order valence-electron chi connectivity index (χ1n) is 5.28. The van der Waals surface area contributed by atoms with Crippen LogP contribution in [0.3, 0.4) is 0 Å². The number of carboxylic acids is 1. The van der Waals surface area contributed by atoms with Crippen molar-refractivity contribution in [3.8, 4) is 0 Å². The van der Waals surface area contributed by atoms with Gasteiger partial charge < -0.3 is 5.11 Å². The Morgan fingerprint density at radius 2 is 2.13 bits per heavy atom. The Labute approximate surface area is 95.4 Å². The predicted molar refractivity (Wildman–Crippen MR) is 62.9 cm³/mol. The van der Waals surface area contributed by atoms with Crippen LogP contribution in [-0.4, -0.2) is 47.9 Å². The molecule has 0 aliphatic heterocycles. The highest BCUT2D eigenvalue weighted by Crippen LogP contribution is 2.37. The molecule has 1 fully saturated rings. The molecule has 0 aromatic rings. The Bertz CT molecular complexity index is 219. The fourth-order valence-electron chi connectivity index (χ4n) is 1.77. The molecule has 1 aliphatic carbocycles. The lowest BCUT2D eigenvalue weighted by Gasteiger charge is -2.38. The zero-order chi connectivity index (χ0) is 11.4. The number of carbonyl (C=O) groups is 1. The fraction of sp³-hybridized carbons (Fsp3) is 0.900. The first-order chi connectivity index (χ1) is 7.06. The molecule has 1 rings (SSSR count). The number of likely N-dealkylation sites (N-methyl/N-ethyl adjacent to an activating group) is 1. The van der Waals surface area contributed by atoms with E-state index >= 15 is 0 Å². The second kappa shape index (κ2) is 5.72. The van der Waals surface area contributed by atoms with E-state index in [0.29, 0.717) is 11.3 Å². The van der Waals surface area contributed by atoms with Gasteiger partial charge in [0.2, 0.25) is 0 Å². The number of aliphatic carboxylic acids is 1. The minimum atomic E-state index is -0.784. The van der Waals surface area contributed by atoms with Crippen LogP contribution in [0.4, 0.5) is 0 Å². The summed E-state index contributed by atoms with van der Waals surface area (Å²) < 4.78 is 0. The van der Waals surface area contributed by atoms with Gasteiger partial charge in [0.15, 0.2) is 5.37 Å². The van der Waals surface area contributed by atoms with Crippen molar-refractivity contribution >= 4 is 17.7 Å². The maximum atomic E-state index is 10.9. The Balaban J connectivity index is 2.52. The molecule has 0 aromatic carbocycles. The summed E-state index contributed by atoms with van der Waals surface area (Å²) in [6.07, 6.45) is 3.74. The van der Waals surface area contributed by atoms with Crippen LogP contribution in [-0.2, 0) is 4.79 Å². The van der Waals surface area contributed by atoms with Gasteiger partial charge in [-0.05, 0) is 39.9 Å². The molecule has 0 heterocycles. The van der Waals surface area contributed by atoms with Crippen molar-refractivity contribution in [1.29, 1.82) is 0 Å². The number of hydrogen-bond donors (Lipinski definition) is 2. The third-order valence-electron chi connectivity index (χ3n) is 2.82. The predicted octanol–water partition coefficient (Wildman–Crippen LogP) is 1.04. The summed E-state index contributed by atoms with van der Waals surface area (Å²) in [5, 5.41) is 11.6.